The Morgan fingerprint density at radius 1 is 1.13 bits per heavy atom. The smallest absolute Gasteiger partial charge is 0.186 e. The van der Waals surface area contributed by atoms with Gasteiger partial charge >= 0.3 is 0 Å². The summed E-state index contributed by atoms with van der Waals surface area (Å²) in [6, 6.07) is 9.78. The molecule has 0 unspecified atom stereocenters. The van der Waals surface area contributed by atoms with E-state index in [-0.39, 0.29) is 0 Å². The van der Waals surface area contributed by atoms with Gasteiger partial charge in [-0.15, -0.1) is 9.73 Å². The van der Waals surface area contributed by atoms with Crippen LogP contribution in [-0.2, 0) is 7.05 Å². The van der Waals surface area contributed by atoms with Crippen LogP contribution >= 0.6 is 0 Å². The number of nitrogens with zero attached hydrogens (tertiary/aromatic N) is 6. The molecule has 0 amide bonds. The maximum Gasteiger partial charge on any atom is 0.291 e. The van der Waals surface area contributed by atoms with Crippen LogP contribution in [0.4, 0.5) is 0 Å². The molecule has 0 radical (unpaired) electrons. The van der Waals surface area contributed by atoms with Gasteiger partial charge in [0.1, 0.15) is 0 Å². The third-order valence-electron chi connectivity index (χ3n) is 2.14. The van der Waals surface area contributed by atoms with Crippen LogP contribution in [0.1, 0.15) is 0 Å². The van der Waals surface area contributed by atoms with Gasteiger partial charge in [-0.2, -0.15) is 9.78 Å². The number of tetrazole rings is 1. The van der Waals surface area contributed by atoms with Crippen LogP contribution in [0.15, 0.2) is 30.3 Å². The van der Waals surface area contributed by atoms with Gasteiger partial charge in [-0.25, -0.2) is 0 Å². The van der Waals surface area contributed by atoms with Crippen molar-refractivity contribution in [2.45, 2.75) is 0 Å². The fourth-order valence-electron chi connectivity index (χ4n) is 1.40. The minimum atomic E-state index is 0.511. The van der Waals surface area contributed by atoms with Crippen molar-refractivity contribution in [2.24, 2.45) is 7.05 Å². The molecule has 74 valence electrons. The predicted molar refractivity (Wildman–Crippen MR) is 53.0 cm³/mol. The van der Waals surface area contributed by atoms with Gasteiger partial charge in [0.05, 0.1) is 7.05 Å². The SMILES string of the molecule is Cn1nnc2nc(-c3ccccc3)nn21. The summed E-state index contributed by atoms with van der Waals surface area (Å²) in [5.74, 6) is 1.17. The lowest BCUT2D eigenvalue weighted by atomic mass is 10.2. The summed E-state index contributed by atoms with van der Waals surface area (Å²) in [5.41, 5.74) is 0.975. The first-order valence-corrected chi connectivity index (χ1v) is 4.53. The quantitative estimate of drug-likeness (QED) is 0.574. The number of aryl methyl sites for hydroxylation is 1. The minimum absolute atomic E-state index is 0.511. The molecule has 0 saturated heterocycles. The summed E-state index contributed by atoms with van der Waals surface area (Å²) >= 11 is 0. The molecule has 6 nitrogen and oxygen atoms in total. The van der Waals surface area contributed by atoms with Crippen LogP contribution in [0.25, 0.3) is 17.2 Å². The number of hydrogen-bond donors (Lipinski definition) is 0. The lowest BCUT2D eigenvalue weighted by molar-refractivity contribution is 0.545. The van der Waals surface area contributed by atoms with Crippen molar-refractivity contribution >= 4 is 5.78 Å². The van der Waals surface area contributed by atoms with Crippen molar-refractivity contribution < 1.29 is 0 Å². The lowest BCUT2D eigenvalue weighted by Gasteiger charge is -1.92. The molecule has 0 aliphatic heterocycles. The molecule has 0 aliphatic carbocycles. The molecule has 3 aromatic rings. The third-order valence-corrected chi connectivity index (χ3v) is 2.14. The summed E-state index contributed by atoms with van der Waals surface area (Å²) in [6.45, 7) is 0. The van der Waals surface area contributed by atoms with E-state index in [1.54, 1.807) is 11.7 Å². The van der Waals surface area contributed by atoms with Crippen LogP contribution in [0.2, 0.25) is 0 Å². The number of rotatable bonds is 1. The third kappa shape index (κ3) is 1.18. The van der Waals surface area contributed by atoms with E-state index >= 15 is 0 Å². The van der Waals surface area contributed by atoms with Crippen LogP contribution in [0.3, 0.4) is 0 Å². The molecule has 2 aromatic heterocycles. The lowest BCUT2D eigenvalue weighted by Crippen LogP contribution is -2.02. The molecular formula is C9H8N6. The number of benzene rings is 1. The first-order chi connectivity index (χ1) is 7.34. The molecular weight excluding hydrogens is 192 g/mol. The average molecular weight is 200 g/mol. The Hall–Kier alpha value is -2.24. The van der Waals surface area contributed by atoms with E-state index < -0.39 is 0 Å². The van der Waals surface area contributed by atoms with Crippen molar-refractivity contribution in [3.05, 3.63) is 30.3 Å². The van der Waals surface area contributed by atoms with Crippen molar-refractivity contribution in [3.63, 3.8) is 0 Å². The van der Waals surface area contributed by atoms with Crippen molar-refractivity contribution in [3.8, 4) is 11.4 Å². The van der Waals surface area contributed by atoms with E-state index in [1.807, 2.05) is 30.3 Å². The zero-order valence-electron chi connectivity index (χ0n) is 8.07. The molecule has 0 spiro atoms. The molecule has 6 heteroatoms. The van der Waals surface area contributed by atoms with Gasteiger partial charge < -0.3 is 0 Å². The monoisotopic (exact) mass is 200 g/mol. The average Bonchev–Trinajstić information content (AvgIpc) is 2.83. The normalized spacial score (nSPS) is 11.0. The summed E-state index contributed by atoms with van der Waals surface area (Å²) < 4.78 is 1.56. The maximum absolute atomic E-state index is 4.29. The van der Waals surface area contributed by atoms with E-state index in [1.165, 1.54) is 4.80 Å². The zero-order valence-corrected chi connectivity index (χ0v) is 8.07. The van der Waals surface area contributed by atoms with Crippen LogP contribution in [-0.4, -0.2) is 29.8 Å². The maximum atomic E-state index is 4.29. The van der Waals surface area contributed by atoms with Crippen LogP contribution in [0, 0.1) is 0 Å². The van der Waals surface area contributed by atoms with E-state index in [4.69, 9.17) is 0 Å². The summed E-state index contributed by atoms with van der Waals surface area (Å²) in [4.78, 5) is 5.80. The van der Waals surface area contributed by atoms with Crippen LogP contribution in [0.5, 0.6) is 0 Å². The van der Waals surface area contributed by atoms with E-state index in [0.29, 0.717) is 11.6 Å². The van der Waals surface area contributed by atoms with Gasteiger partial charge in [0.2, 0.25) is 0 Å². The highest BCUT2D eigenvalue weighted by Gasteiger charge is 2.09. The van der Waals surface area contributed by atoms with E-state index in [9.17, 15) is 0 Å². The highest BCUT2D eigenvalue weighted by Crippen LogP contribution is 2.13. The van der Waals surface area contributed by atoms with Crippen molar-refractivity contribution in [1.82, 2.24) is 29.8 Å². The fraction of sp³-hybridized carbons (Fsp3) is 0.111. The highest BCUT2D eigenvalue weighted by molar-refractivity contribution is 5.55. The Kier molecular flexibility index (Phi) is 1.55. The Labute approximate surface area is 85.1 Å². The van der Waals surface area contributed by atoms with Gasteiger partial charge in [0, 0.05) is 5.56 Å². The van der Waals surface area contributed by atoms with Gasteiger partial charge in [-0.1, -0.05) is 35.4 Å². The Morgan fingerprint density at radius 3 is 2.67 bits per heavy atom. The van der Waals surface area contributed by atoms with E-state index in [2.05, 4.69) is 20.4 Å². The summed E-state index contributed by atoms with van der Waals surface area (Å²) in [5, 5.41) is 11.9. The molecule has 0 atom stereocenters. The van der Waals surface area contributed by atoms with Gasteiger partial charge in [-0.3, -0.25) is 0 Å². The molecule has 0 saturated carbocycles. The predicted octanol–water partition coefficient (Wildman–Crippen LogP) is 0.525. The standard InChI is InChI=1S/C9H8N6/c1-14-13-11-9-10-8(12-15(9)14)7-5-3-2-4-6-7/h2-6H,1H3. The molecule has 0 fully saturated rings. The molecule has 0 N–H and O–H groups in total. The number of hydrogen-bond acceptors (Lipinski definition) is 4. The largest absolute Gasteiger partial charge is 0.291 e. The Bertz CT molecular complexity index is 593. The second kappa shape index (κ2) is 2.88. The fourth-order valence-corrected chi connectivity index (χ4v) is 1.40. The van der Waals surface area contributed by atoms with Gasteiger partial charge in [-0.05, 0) is 5.21 Å². The zero-order chi connectivity index (χ0) is 10.3. The molecule has 0 aliphatic rings. The first-order valence-electron chi connectivity index (χ1n) is 4.53. The topological polar surface area (TPSA) is 60.9 Å². The van der Waals surface area contributed by atoms with Gasteiger partial charge in [0.15, 0.2) is 5.82 Å². The van der Waals surface area contributed by atoms with Gasteiger partial charge in [0.25, 0.3) is 5.78 Å². The molecule has 3 rings (SSSR count). The highest BCUT2D eigenvalue weighted by atomic mass is 15.7. The second-order valence-corrected chi connectivity index (χ2v) is 3.17. The number of aromatic nitrogens is 6. The Balaban J connectivity index is 2.20. The van der Waals surface area contributed by atoms with E-state index in [0.717, 1.165) is 5.56 Å². The molecule has 15 heavy (non-hydrogen) atoms. The van der Waals surface area contributed by atoms with Crippen LogP contribution < -0.4 is 0 Å². The molecule has 2 heterocycles. The summed E-state index contributed by atoms with van der Waals surface area (Å²) in [7, 11) is 1.77. The molecule has 0 bridgehead atoms. The number of fused-ring (bicyclic) bond motifs is 1. The first kappa shape index (κ1) is 8.10. The minimum Gasteiger partial charge on any atom is -0.186 e. The summed E-state index contributed by atoms with van der Waals surface area (Å²) in [6.07, 6.45) is 0. The molecule has 1 aromatic carbocycles. The Morgan fingerprint density at radius 2 is 1.93 bits per heavy atom. The van der Waals surface area contributed by atoms with Crippen molar-refractivity contribution in [2.75, 3.05) is 0 Å². The van der Waals surface area contributed by atoms with Crippen molar-refractivity contribution in [1.29, 1.82) is 0 Å². The second-order valence-electron chi connectivity index (χ2n) is 3.17.